The molecule has 1 saturated heterocycles. The Labute approximate surface area is 118 Å². The molecule has 0 radical (unpaired) electrons. The molecule has 2 aromatic rings. The first-order chi connectivity index (χ1) is 9.35. The lowest BCUT2D eigenvalue weighted by Gasteiger charge is -2.31. The first kappa shape index (κ1) is 12.9. The van der Waals surface area contributed by atoms with Crippen LogP contribution in [0.3, 0.4) is 0 Å². The van der Waals surface area contributed by atoms with Gasteiger partial charge in [-0.1, -0.05) is 6.92 Å². The summed E-state index contributed by atoms with van der Waals surface area (Å²) < 4.78 is 0. The zero-order valence-electron chi connectivity index (χ0n) is 11.4. The Bertz CT molecular complexity index is 503. The normalized spacial score (nSPS) is 20.8. The molecule has 2 aromatic heterocycles. The lowest BCUT2D eigenvalue weighted by molar-refractivity contribution is 0.198. The molecule has 1 atom stereocenters. The molecule has 0 amide bonds. The van der Waals surface area contributed by atoms with Gasteiger partial charge in [-0.05, 0) is 37.9 Å². The maximum atomic E-state index is 4.42. The van der Waals surface area contributed by atoms with Gasteiger partial charge in [0.15, 0.2) is 0 Å². The van der Waals surface area contributed by atoms with Crippen LogP contribution in [0.25, 0.3) is 0 Å². The number of nitrogens with zero attached hydrogens (tertiary/aromatic N) is 2. The van der Waals surface area contributed by atoms with E-state index in [-0.39, 0.29) is 0 Å². The monoisotopic (exact) mass is 275 g/mol. The van der Waals surface area contributed by atoms with Gasteiger partial charge in [-0.15, -0.1) is 11.3 Å². The molecule has 1 aliphatic heterocycles. The predicted octanol–water partition coefficient (Wildman–Crippen LogP) is 3.41. The van der Waals surface area contributed by atoms with Crippen LogP contribution >= 0.6 is 11.3 Å². The van der Waals surface area contributed by atoms with E-state index in [1.807, 2.05) is 23.7 Å². The summed E-state index contributed by atoms with van der Waals surface area (Å²) in [4.78, 5) is 13.3. The zero-order chi connectivity index (χ0) is 13.1. The Kier molecular flexibility index (Phi) is 3.99. The number of H-pyrrole nitrogens is 1. The van der Waals surface area contributed by atoms with Gasteiger partial charge in [0.1, 0.15) is 5.82 Å². The Morgan fingerprint density at radius 2 is 2.32 bits per heavy atom. The van der Waals surface area contributed by atoms with Crippen molar-refractivity contribution >= 4 is 11.3 Å². The summed E-state index contributed by atoms with van der Waals surface area (Å²) in [5, 5.41) is 0. The maximum absolute atomic E-state index is 4.42. The quantitative estimate of drug-likeness (QED) is 0.927. The summed E-state index contributed by atoms with van der Waals surface area (Å²) >= 11 is 1.96. The molecule has 1 fully saturated rings. The molecule has 0 aromatic carbocycles. The smallest absolute Gasteiger partial charge is 0.110 e. The van der Waals surface area contributed by atoms with E-state index in [4.69, 9.17) is 0 Å². The van der Waals surface area contributed by atoms with Crippen LogP contribution < -0.4 is 0 Å². The Hall–Kier alpha value is -1.13. The number of likely N-dealkylation sites (tertiary alicyclic amines) is 1. The summed E-state index contributed by atoms with van der Waals surface area (Å²) in [5.41, 5.74) is 0. The lowest BCUT2D eigenvalue weighted by atomic mass is 9.97. The van der Waals surface area contributed by atoms with E-state index >= 15 is 0 Å². The largest absolute Gasteiger partial charge is 0.348 e. The maximum Gasteiger partial charge on any atom is 0.110 e. The van der Waals surface area contributed by atoms with Gasteiger partial charge in [-0.25, -0.2) is 4.98 Å². The molecule has 3 nitrogen and oxygen atoms in total. The van der Waals surface area contributed by atoms with Gasteiger partial charge in [-0.2, -0.15) is 0 Å². The summed E-state index contributed by atoms with van der Waals surface area (Å²) in [5.74, 6) is 1.74. The minimum absolute atomic E-state index is 0.578. The minimum Gasteiger partial charge on any atom is -0.348 e. The molecule has 3 rings (SSSR count). The van der Waals surface area contributed by atoms with Gasteiger partial charge in [0.05, 0.1) is 0 Å². The van der Waals surface area contributed by atoms with E-state index in [0.29, 0.717) is 5.92 Å². The number of aromatic nitrogens is 2. The van der Waals surface area contributed by atoms with Gasteiger partial charge < -0.3 is 4.98 Å². The van der Waals surface area contributed by atoms with Gasteiger partial charge >= 0.3 is 0 Å². The first-order valence-corrected chi connectivity index (χ1v) is 7.96. The summed E-state index contributed by atoms with van der Waals surface area (Å²) in [6, 6.07) is 4.56. The molecule has 4 heteroatoms. The number of imidazole rings is 1. The number of hydrogen-bond donors (Lipinski definition) is 1. The van der Waals surface area contributed by atoms with Crippen LogP contribution in [-0.2, 0) is 13.0 Å². The van der Waals surface area contributed by atoms with Crippen molar-refractivity contribution in [2.24, 2.45) is 0 Å². The lowest BCUT2D eigenvalue weighted by Crippen LogP contribution is -2.34. The average Bonchev–Trinajstić information content (AvgIpc) is 3.10. The molecule has 1 N–H and O–H groups in total. The van der Waals surface area contributed by atoms with Crippen LogP contribution in [-0.4, -0.2) is 28.0 Å². The van der Waals surface area contributed by atoms with Crippen LogP contribution in [0.1, 0.15) is 41.3 Å². The van der Waals surface area contributed by atoms with Crippen LogP contribution in [0.4, 0.5) is 0 Å². The molecule has 19 heavy (non-hydrogen) atoms. The minimum atomic E-state index is 0.578. The second kappa shape index (κ2) is 5.88. The van der Waals surface area contributed by atoms with Crippen molar-refractivity contribution in [1.29, 1.82) is 0 Å². The topological polar surface area (TPSA) is 31.9 Å². The average molecular weight is 275 g/mol. The molecule has 0 saturated carbocycles. The number of aromatic amines is 1. The van der Waals surface area contributed by atoms with Crippen molar-refractivity contribution in [2.45, 2.75) is 38.6 Å². The van der Waals surface area contributed by atoms with E-state index in [1.54, 1.807) is 0 Å². The Balaban J connectivity index is 1.62. The molecular formula is C15H21N3S. The molecule has 0 spiro atoms. The molecular weight excluding hydrogens is 254 g/mol. The third-order valence-electron chi connectivity index (χ3n) is 3.86. The summed E-state index contributed by atoms with van der Waals surface area (Å²) in [6.45, 7) is 5.68. The number of hydrogen-bond acceptors (Lipinski definition) is 3. The number of nitrogens with one attached hydrogen (secondary N) is 1. The molecule has 1 aliphatic rings. The molecule has 1 unspecified atom stereocenters. The van der Waals surface area contributed by atoms with E-state index in [0.717, 1.165) is 25.3 Å². The van der Waals surface area contributed by atoms with Crippen molar-refractivity contribution in [1.82, 2.24) is 14.9 Å². The van der Waals surface area contributed by atoms with Crippen molar-refractivity contribution in [2.75, 3.05) is 13.1 Å². The number of thiophene rings is 1. The third-order valence-corrected chi connectivity index (χ3v) is 5.07. The highest BCUT2D eigenvalue weighted by Crippen LogP contribution is 2.27. The van der Waals surface area contributed by atoms with Gasteiger partial charge in [-0.3, -0.25) is 4.90 Å². The van der Waals surface area contributed by atoms with Gasteiger partial charge in [0.25, 0.3) is 0 Å². The summed E-state index contributed by atoms with van der Waals surface area (Å²) in [6.07, 6.45) is 7.48. The molecule has 0 bridgehead atoms. The van der Waals surface area contributed by atoms with E-state index < -0.39 is 0 Å². The van der Waals surface area contributed by atoms with Crippen LogP contribution in [0, 0.1) is 0 Å². The van der Waals surface area contributed by atoms with Gasteiger partial charge in [0.2, 0.25) is 0 Å². The fraction of sp³-hybridized carbons (Fsp3) is 0.533. The molecule has 3 heterocycles. The molecule has 102 valence electrons. The van der Waals surface area contributed by atoms with Crippen LogP contribution in [0.5, 0.6) is 0 Å². The SMILES string of the molecule is CCc1ccc(CN2CCCC(c3ncc[nH]3)C2)s1. The van der Waals surface area contributed by atoms with E-state index in [9.17, 15) is 0 Å². The second-order valence-corrected chi connectivity index (χ2v) is 6.52. The van der Waals surface area contributed by atoms with Crippen molar-refractivity contribution in [3.63, 3.8) is 0 Å². The van der Waals surface area contributed by atoms with Crippen molar-refractivity contribution < 1.29 is 0 Å². The standard InChI is InChI=1S/C15H21N3S/c1-2-13-5-6-14(19-13)11-18-9-3-4-12(10-18)15-16-7-8-17-15/h5-8,12H,2-4,9-11H2,1H3,(H,16,17). The third kappa shape index (κ3) is 3.07. The highest BCUT2D eigenvalue weighted by atomic mass is 32.1. The fourth-order valence-electron chi connectivity index (χ4n) is 2.84. The Morgan fingerprint density at radius 3 is 3.05 bits per heavy atom. The second-order valence-electron chi connectivity index (χ2n) is 5.27. The number of rotatable bonds is 4. The van der Waals surface area contributed by atoms with Gasteiger partial charge in [0, 0.05) is 41.2 Å². The fourth-order valence-corrected chi connectivity index (χ4v) is 3.84. The first-order valence-electron chi connectivity index (χ1n) is 7.14. The van der Waals surface area contributed by atoms with E-state index in [2.05, 4.69) is 33.9 Å². The van der Waals surface area contributed by atoms with Crippen LogP contribution in [0.15, 0.2) is 24.5 Å². The van der Waals surface area contributed by atoms with Crippen LogP contribution in [0.2, 0.25) is 0 Å². The summed E-state index contributed by atoms with van der Waals surface area (Å²) in [7, 11) is 0. The predicted molar refractivity (Wildman–Crippen MR) is 79.5 cm³/mol. The van der Waals surface area contributed by atoms with Crippen molar-refractivity contribution in [3.05, 3.63) is 40.1 Å². The Morgan fingerprint density at radius 1 is 1.42 bits per heavy atom. The van der Waals surface area contributed by atoms with E-state index in [1.165, 1.54) is 29.1 Å². The number of aryl methyl sites for hydroxylation is 1. The number of piperidine rings is 1. The molecule has 0 aliphatic carbocycles. The highest BCUT2D eigenvalue weighted by Gasteiger charge is 2.23. The highest BCUT2D eigenvalue weighted by molar-refractivity contribution is 7.11. The van der Waals surface area contributed by atoms with Crippen molar-refractivity contribution in [3.8, 4) is 0 Å². The zero-order valence-corrected chi connectivity index (χ0v) is 12.2.